The van der Waals surface area contributed by atoms with Gasteiger partial charge in [0.15, 0.2) is 11.5 Å². The maximum atomic E-state index is 14.0. The van der Waals surface area contributed by atoms with E-state index in [0.29, 0.717) is 5.95 Å². The van der Waals surface area contributed by atoms with Crippen molar-refractivity contribution in [2.24, 2.45) is 0 Å². The smallest absolute Gasteiger partial charge is 0.227 e. The average molecular weight is 338 g/mol. The Labute approximate surface area is 140 Å². The first kappa shape index (κ1) is 17.5. The second-order valence-corrected chi connectivity index (χ2v) is 6.21. The molecular weight excluding hydrogens is 317 g/mol. The van der Waals surface area contributed by atoms with E-state index < -0.39 is 5.67 Å². The molecule has 1 N–H and O–H groups in total. The van der Waals surface area contributed by atoms with Gasteiger partial charge in [0.05, 0.1) is 0 Å². The lowest BCUT2D eigenvalue weighted by Crippen LogP contribution is -2.23. The predicted molar refractivity (Wildman–Crippen MR) is 89.2 cm³/mol. The van der Waals surface area contributed by atoms with Crippen LogP contribution < -0.4 is 5.32 Å². The van der Waals surface area contributed by atoms with Crippen molar-refractivity contribution in [2.75, 3.05) is 5.32 Å². The SMILES string of the molecule is CCC(CCc1ccncc1)Nc1nc(Cl)nc(C(C)(C)F)n1. The molecule has 0 aliphatic carbocycles. The molecule has 1 unspecified atom stereocenters. The number of alkyl halides is 1. The van der Waals surface area contributed by atoms with Crippen LogP contribution in [0.2, 0.25) is 5.28 Å². The van der Waals surface area contributed by atoms with E-state index in [1.807, 2.05) is 12.1 Å². The quantitative estimate of drug-likeness (QED) is 0.828. The summed E-state index contributed by atoms with van der Waals surface area (Å²) in [7, 11) is 0. The Kier molecular flexibility index (Phi) is 5.82. The lowest BCUT2D eigenvalue weighted by Gasteiger charge is -2.19. The number of nitrogens with zero attached hydrogens (tertiary/aromatic N) is 4. The highest BCUT2D eigenvalue weighted by molar-refractivity contribution is 6.28. The largest absolute Gasteiger partial charge is 0.351 e. The monoisotopic (exact) mass is 337 g/mol. The molecule has 0 bridgehead atoms. The lowest BCUT2D eigenvalue weighted by molar-refractivity contribution is 0.206. The number of pyridine rings is 1. The summed E-state index contributed by atoms with van der Waals surface area (Å²) in [6, 6.07) is 4.16. The summed E-state index contributed by atoms with van der Waals surface area (Å²) in [6.45, 7) is 4.86. The van der Waals surface area contributed by atoms with Crippen molar-refractivity contribution in [3.8, 4) is 0 Å². The van der Waals surface area contributed by atoms with Crippen LogP contribution in [0.25, 0.3) is 0 Å². The van der Waals surface area contributed by atoms with E-state index in [9.17, 15) is 4.39 Å². The van der Waals surface area contributed by atoms with Crippen LogP contribution in [0.3, 0.4) is 0 Å². The predicted octanol–water partition coefficient (Wildman–Crippen LogP) is 3.95. The summed E-state index contributed by atoms with van der Waals surface area (Å²) in [5.74, 6) is 0.344. The number of hydrogen-bond donors (Lipinski definition) is 1. The van der Waals surface area contributed by atoms with E-state index in [1.54, 1.807) is 12.4 Å². The number of halogens is 2. The maximum Gasteiger partial charge on any atom is 0.227 e. The second-order valence-electron chi connectivity index (χ2n) is 5.87. The summed E-state index contributed by atoms with van der Waals surface area (Å²) < 4.78 is 14.0. The van der Waals surface area contributed by atoms with Crippen molar-refractivity contribution in [1.82, 2.24) is 19.9 Å². The summed E-state index contributed by atoms with van der Waals surface area (Å²) in [4.78, 5) is 16.1. The van der Waals surface area contributed by atoms with E-state index in [2.05, 4.69) is 32.2 Å². The van der Waals surface area contributed by atoms with Crippen LogP contribution in [0.5, 0.6) is 0 Å². The number of nitrogens with one attached hydrogen (secondary N) is 1. The van der Waals surface area contributed by atoms with Gasteiger partial charge in [-0.2, -0.15) is 15.0 Å². The molecule has 2 aromatic rings. The van der Waals surface area contributed by atoms with Gasteiger partial charge in [-0.1, -0.05) is 6.92 Å². The van der Waals surface area contributed by atoms with Crippen molar-refractivity contribution in [1.29, 1.82) is 0 Å². The molecule has 0 amide bonds. The Morgan fingerprint density at radius 3 is 2.52 bits per heavy atom. The van der Waals surface area contributed by atoms with Gasteiger partial charge in [0, 0.05) is 18.4 Å². The standard InChI is InChI=1S/C16H21ClFN5/c1-4-12(6-5-11-7-9-19-10-8-11)20-15-22-13(16(2,3)18)21-14(17)23-15/h7-10,12H,4-6H2,1-3H3,(H,20,21,22,23). The third-order valence-corrected chi connectivity index (χ3v) is 3.67. The molecule has 0 aliphatic heterocycles. The van der Waals surface area contributed by atoms with Crippen molar-refractivity contribution >= 4 is 17.5 Å². The first-order valence-corrected chi connectivity index (χ1v) is 8.02. The molecule has 2 rings (SSSR count). The fraction of sp³-hybridized carbons (Fsp3) is 0.500. The molecule has 0 spiro atoms. The van der Waals surface area contributed by atoms with Gasteiger partial charge >= 0.3 is 0 Å². The van der Waals surface area contributed by atoms with Crippen molar-refractivity contribution in [3.05, 3.63) is 41.2 Å². The van der Waals surface area contributed by atoms with Crippen LogP contribution in [0.1, 0.15) is 45.0 Å². The van der Waals surface area contributed by atoms with Gasteiger partial charge in [-0.25, -0.2) is 4.39 Å². The Hall–Kier alpha value is -1.82. The zero-order valence-corrected chi connectivity index (χ0v) is 14.3. The van der Waals surface area contributed by atoms with Crippen molar-refractivity contribution in [3.63, 3.8) is 0 Å². The molecule has 5 nitrogen and oxygen atoms in total. The van der Waals surface area contributed by atoms with Crippen molar-refractivity contribution < 1.29 is 4.39 Å². The first-order valence-electron chi connectivity index (χ1n) is 7.65. The molecule has 23 heavy (non-hydrogen) atoms. The highest BCUT2D eigenvalue weighted by atomic mass is 35.5. The highest BCUT2D eigenvalue weighted by Gasteiger charge is 2.24. The Morgan fingerprint density at radius 2 is 1.91 bits per heavy atom. The number of aromatic nitrogens is 4. The molecule has 0 fully saturated rings. The molecule has 0 saturated carbocycles. The first-order chi connectivity index (χ1) is 10.9. The minimum Gasteiger partial charge on any atom is -0.351 e. The van der Waals surface area contributed by atoms with E-state index in [-0.39, 0.29) is 17.1 Å². The van der Waals surface area contributed by atoms with E-state index in [0.717, 1.165) is 19.3 Å². The molecule has 0 aromatic carbocycles. The van der Waals surface area contributed by atoms with Gasteiger partial charge in [0.25, 0.3) is 0 Å². The van der Waals surface area contributed by atoms with E-state index in [4.69, 9.17) is 11.6 Å². The third kappa shape index (κ3) is 5.39. The molecular formula is C16H21ClFN5. The molecule has 0 saturated heterocycles. The zero-order valence-electron chi connectivity index (χ0n) is 13.6. The number of aryl methyl sites for hydroxylation is 1. The fourth-order valence-corrected chi connectivity index (χ4v) is 2.29. The summed E-state index contributed by atoms with van der Waals surface area (Å²) in [6.07, 6.45) is 6.27. The number of hydrogen-bond acceptors (Lipinski definition) is 5. The van der Waals surface area contributed by atoms with E-state index in [1.165, 1.54) is 19.4 Å². The van der Waals surface area contributed by atoms with Gasteiger partial charge < -0.3 is 5.32 Å². The summed E-state index contributed by atoms with van der Waals surface area (Å²) >= 11 is 5.88. The fourth-order valence-electron chi connectivity index (χ4n) is 2.13. The summed E-state index contributed by atoms with van der Waals surface area (Å²) in [5, 5.41) is 3.22. The molecule has 0 aliphatic rings. The maximum absolute atomic E-state index is 14.0. The van der Waals surface area contributed by atoms with Gasteiger partial charge in [-0.15, -0.1) is 0 Å². The zero-order chi connectivity index (χ0) is 16.9. The van der Waals surface area contributed by atoms with Crippen LogP contribution in [-0.2, 0) is 12.1 Å². The normalized spacial score (nSPS) is 12.9. The highest BCUT2D eigenvalue weighted by Crippen LogP contribution is 2.23. The van der Waals surface area contributed by atoms with Crippen LogP contribution in [0.4, 0.5) is 10.3 Å². The van der Waals surface area contributed by atoms with Crippen LogP contribution in [-0.4, -0.2) is 26.0 Å². The minimum absolute atomic E-state index is 0.00721. The molecule has 124 valence electrons. The second kappa shape index (κ2) is 7.64. The third-order valence-electron chi connectivity index (χ3n) is 3.50. The van der Waals surface area contributed by atoms with Gasteiger partial charge in [-0.05, 0) is 62.4 Å². The van der Waals surface area contributed by atoms with Crippen LogP contribution >= 0.6 is 11.6 Å². The lowest BCUT2D eigenvalue weighted by atomic mass is 10.0. The van der Waals surface area contributed by atoms with E-state index >= 15 is 0 Å². The Morgan fingerprint density at radius 1 is 1.22 bits per heavy atom. The molecule has 1 atom stereocenters. The van der Waals surface area contributed by atoms with Crippen LogP contribution in [0.15, 0.2) is 24.5 Å². The van der Waals surface area contributed by atoms with Crippen LogP contribution in [0, 0.1) is 0 Å². The molecule has 2 heterocycles. The minimum atomic E-state index is -1.66. The Balaban J connectivity index is 2.05. The topological polar surface area (TPSA) is 63.6 Å². The number of anilines is 1. The van der Waals surface area contributed by atoms with Gasteiger partial charge in [0.1, 0.15) is 0 Å². The van der Waals surface area contributed by atoms with Gasteiger partial charge in [-0.3, -0.25) is 4.98 Å². The average Bonchev–Trinajstić information content (AvgIpc) is 2.51. The number of rotatable bonds is 7. The molecule has 2 aromatic heterocycles. The summed E-state index contributed by atoms with van der Waals surface area (Å²) in [5.41, 5.74) is -0.443. The molecule has 7 heteroatoms. The molecule has 0 radical (unpaired) electrons. The van der Waals surface area contributed by atoms with Gasteiger partial charge in [0.2, 0.25) is 11.2 Å². The Bertz CT molecular complexity index is 630. The van der Waals surface area contributed by atoms with Crippen molar-refractivity contribution in [2.45, 2.75) is 51.7 Å².